The third-order valence-corrected chi connectivity index (χ3v) is 4.54. The zero-order valence-corrected chi connectivity index (χ0v) is 17.3. The Morgan fingerprint density at radius 2 is 1.80 bits per heavy atom. The maximum Gasteiger partial charge on any atom is 0.0991 e. The van der Waals surface area contributed by atoms with Crippen molar-refractivity contribution in [3.05, 3.63) is 35.4 Å². The van der Waals surface area contributed by atoms with Gasteiger partial charge < -0.3 is 16.0 Å². The van der Waals surface area contributed by atoms with Crippen LogP contribution in [0.2, 0.25) is 0 Å². The van der Waals surface area contributed by atoms with Gasteiger partial charge >= 0.3 is 0 Å². The Morgan fingerprint density at radius 1 is 1.20 bits per heavy atom. The number of nitrogens with two attached hydrogens (primary N) is 1. The summed E-state index contributed by atoms with van der Waals surface area (Å²) in [6.07, 6.45) is 4.48. The van der Waals surface area contributed by atoms with Crippen molar-refractivity contribution >= 4 is 37.2 Å². The number of hydrogen-bond acceptors (Lipinski definition) is 4. The van der Waals surface area contributed by atoms with E-state index in [1.165, 1.54) is 31.5 Å². The minimum Gasteiger partial charge on any atom is -0.327 e. The Morgan fingerprint density at radius 3 is 2.36 bits per heavy atom. The number of likely N-dealkylation sites (tertiary alicyclic amines) is 1. The zero-order valence-electron chi connectivity index (χ0n) is 14.8. The minimum absolute atomic E-state index is 0. The highest BCUT2D eigenvalue weighted by Crippen LogP contribution is 2.14. The zero-order chi connectivity index (χ0) is 15.8. The van der Waals surface area contributed by atoms with Crippen LogP contribution in [0.25, 0.3) is 0 Å². The number of nitrogens with one attached hydrogen (secondary N) is 1. The number of piperidine rings is 1. The molecule has 1 aliphatic heterocycles. The molecule has 0 aromatic heterocycles. The predicted octanol–water partition coefficient (Wildman–Crippen LogP) is 3.01. The second-order valence-corrected chi connectivity index (χ2v) is 6.51. The van der Waals surface area contributed by atoms with Crippen molar-refractivity contribution in [2.45, 2.75) is 31.7 Å². The highest BCUT2D eigenvalue weighted by Gasteiger charge is 2.15. The average Bonchev–Trinajstić information content (AvgIpc) is 2.54. The Kier molecular flexibility index (Phi) is 15.6. The summed E-state index contributed by atoms with van der Waals surface area (Å²) in [5.74, 6) is 0.825. The third-order valence-electron chi connectivity index (χ3n) is 4.54. The lowest BCUT2D eigenvalue weighted by Gasteiger charge is -2.29. The van der Waals surface area contributed by atoms with Crippen molar-refractivity contribution in [2.75, 3.05) is 33.2 Å². The van der Waals surface area contributed by atoms with E-state index in [1.54, 1.807) is 0 Å². The van der Waals surface area contributed by atoms with Crippen molar-refractivity contribution in [3.63, 3.8) is 0 Å². The molecule has 0 amide bonds. The lowest BCUT2D eigenvalue weighted by Crippen LogP contribution is -2.36. The molecule has 25 heavy (non-hydrogen) atoms. The molecule has 1 heterocycles. The van der Waals surface area contributed by atoms with E-state index in [0.29, 0.717) is 5.56 Å². The second kappa shape index (κ2) is 14.6. The van der Waals surface area contributed by atoms with Gasteiger partial charge in [-0.05, 0) is 82.5 Å². The van der Waals surface area contributed by atoms with E-state index < -0.39 is 0 Å². The Labute approximate surface area is 170 Å². The molecule has 1 aliphatic rings. The van der Waals surface area contributed by atoms with Gasteiger partial charge in [-0.2, -0.15) is 5.26 Å². The summed E-state index contributed by atoms with van der Waals surface area (Å²) in [5.41, 5.74) is 8.12. The summed E-state index contributed by atoms with van der Waals surface area (Å²) >= 11 is 0. The van der Waals surface area contributed by atoms with Crippen molar-refractivity contribution in [2.24, 2.45) is 11.7 Å². The molecule has 1 unspecified atom stereocenters. The molecule has 0 saturated carbocycles. The van der Waals surface area contributed by atoms with Crippen LogP contribution in [-0.4, -0.2) is 44.2 Å². The van der Waals surface area contributed by atoms with Gasteiger partial charge in [0.2, 0.25) is 0 Å². The molecule has 1 saturated heterocycles. The number of benzene rings is 1. The molecule has 0 bridgehead atoms. The van der Waals surface area contributed by atoms with Gasteiger partial charge in [0.1, 0.15) is 0 Å². The van der Waals surface area contributed by atoms with Gasteiger partial charge in [0.05, 0.1) is 11.6 Å². The molecule has 7 heteroatoms. The molecule has 0 spiro atoms. The molecule has 3 N–H and O–H groups in total. The number of nitriles is 1. The molecule has 1 fully saturated rings. The van der Waals surface area contributed by atoms with E-state index >= 15 is 0 Å². The van der Waals surface area contributed by atoms with E-state index in [-0.39, 0.29) is 43.3 Å². The van der Waals surface area contributed by atoms with Crippen molar-refractivity contribution < 1.29 is 0 Å². The molecule has 1 atom stereocenters. The molecule has 2 rings (SSSR count). The highest BCUT2D eigenvalue weighted by molar-refractivity contribution is 5.86. The summed E-state index contributed by atoms with van der Waals surface area (Å²) in [6.45, 7) is 4.57. The largest absolute Gasteiger partial charge is 0.327 e. The van der Waals surface area contributed by atoms with Crippen molar-refractivity contribution in [1.82, 2.24) is 10.2 Å². The molecule has 0 aliphatic carbocycles. The fraction of sp³-hybridized carbons (Fsp3) is 0.611. The number of hydrogen-bond donors (Lipinski definition) is 2. The quantitative estimate of drug-likeness (QED) is 0.679. The first-order chi connectivity index (χ1) is 10.7. The fourth-order valence-electron chi connectivity index (χ4n) is 2.98. The standard InChI is InChI=1S/C18H28N4.3ClH/c1-22-10-7-17(8-11-22)14-21-9-6-18(20)12-15-2-4-16(13-19)5-3-15;;;/h2-5,17-18,21H,6-12,14,20H2,1H3;3*1H. The second-order valence-electron chi connectivity index (χ2n) is 6.51. The van der Waals surface area contributed by atoms with Crippen LogP contribution in [0.5, 0.6) is 0 Å². The smallest absolute Gasteiger partial charge is 0.0991 e. The molecule has 4 nitrogen and oxygen atoms in total. The first kappa shape index (κ1) is 26.7. The summed E-state index contributed by atoms with van der Waals surface area (Å²) < 4.78 is 0. The van der Waals surface area contributed by atoms with Crippen LogP contribution < -0.4 is 11.1 Å². The van der Waals surface area contributed by atoms with Crippen LogP contribution in [-0.2, 0) is 6.42 Å². The lowest BCUT2D eigenvalue weighted by molar-refractivity contribution is 0.216. The number of rotatable bonds is 7. The van der Waals surface area contributed by atoms with Crippen LogP contribution in [0.15, 0.2) is 24.3 Å². The minimum atomic E-state index is 0. The Hall–Kier alpha value is -0.540. The summed E-state index contributed by atoms with van der Waals surface area (Å²) in [4.78, 5) is 2.41. The summed E-state index contributed by atoms with van der Waals surface area (Å²) in [5, 5.41) is 12.4. The average molecular weight is 410 g/mol. The van der Waals surface area contributed by atoms with Gasteiger partial charge in [0, 0.05) is 6.04 Å². The van der Waals surface area contributed by atoms with Gasteiger partial charge in [0.25, 0.3) is 0 Å². The first-order valence-corrected chi connectivity index (χ1v) is 8.31. The van der Waals surface area contributed by atoms with Gasteiger partial charge in [0.15, 0.2) is 0 Å². The van der Waals surface area contributed by atoms with E-state index in [0.717, 1.165) is 31.8 Å². The summed E-state index contributed by atoms with van der Waals surface area (Å²) in [7, 11) is 2.20. The lowest BCUT2D eigenvalue weighted by atomic mass is 9.97. The molecule has 144 valence electrons. The van der Waals surface area contributed by atoms with Crippen LogP contribution in [0.3, 0.4) is 0 Å². The van der Waals surface area contributed by atoms with E-state index in [9.17, 15) is 0 Å². The monoisotopic (exact) mass is 408 g/mol. The van der Waals surface area contributed by atoms with Crippen molar-refractivity contribution in [1.29, 1.82) is 5.26 Å². The maximum atomic E-state index is 8.79. The van der Waals surface area contributed by atoms with Crippen LogP contribution in [0.1, 0.15) is 30.4 Å². The molecular weight excluding hydrogens is 379 g/mol. The van der Waals surface area contributed by atoms with Gasteiger partial charge in [-0.3, -0.25) is 0 Å². The van der Waals surface area contributed by atoms with Gasteiger partial charge in [-0.15, -0.1) is 37.2 Å². The third kappa shape index (κ3) is 10.3. The Balaban J connectivity index is 0. The first-order valence-electron chi connectivity index (χ1n) is 8.31. The highest BCUT2D eigenvalue weighted by atomic mass is 35.5. The van der Waals surface area contributed by atoms with E-state index in [1.807, 2.05) is 24.3 Å². The molecule has 1 aromatic carbocycles. The summed E-state index contributed by atoms with van der Waals surface area (Å²) in [6, 6.07) is 10.0. The fourth-order valence-corrected chi connectivity index (χ4v) is 2.98. The maximum absolute atomic E-state index is 8.79. The van der Waals surface area contributed by atoms with Gasteiger partial charge in [-0.25, -0.2) is 0 Å². The topological polar surface area (TPSA) is 65.1 Å². The van der Waals surface area contributed by atoms with Crippen LogP contribution >= 0.6 is 37.2 Å². The normalized spacial score (nSPS) is 15.9. The van der Waals surface area contributed by atoms with Crippen molar-refractivity contribution in [3.8, 4) is 6.07 Å². The number of halogens is 3. The predicted molar refractivity (Wildman–Crippen MR) is 112 cm³/mol. The van der Waals surface area contributed by atoms with E-state index in [2.05, 4.69) is 23.3 Å². The Bertz CT molecular complexity index is 482. The molecule has 1 aromatic rings. The molecule has 0 radical (unpaired) electrons. The van der Waals surface area contributed by atoms with Crippen LogP contribution in [0, 0.1) is 17.2 Å². The van der Waals surface area contributed by atoms with Crippen LogP contribution in [0.4, 0.5) is 0 Å². The molecular formula is C18H31Cl3N4. The van der Waals surface area contributed by atoms with Gasteiger partial charge in [-0.1, -0.05) is 12.1 Å². The van der Waals surface area contributed by atoms with E-state index in [4.69, 9.17) is 11.0 Å². The number of nitrogens with zero attached hydrogens (tertiary/aromatic N) is 2. The SMILES string of the molecule is CN1CCC(CNCCC(N)Cc2ccc(C#N)cc2)CC1.Cl.Cl.Cl.